The molecule has 1 aromatic heterocycles. The summed E-state index contributed by atoms with van der Waals surface area (Å²) >= 11 is 1.34. The van der Waals surface area contributed by atoms with Gasteiger partial charge >= 0.3 is 5.97 Å². The van der Waals surface area contributed by atoms with Crippen molar-refractivity contribution in [2.75, 3.05) is 18.5 Å². The molecular formula is C27H31NO4S. The average Bonchev–Trinajstić information content (AvgIpc) is 3.22. The quantitative estimate of drug-likeness (QED) is 0.272. The predicted octanol–water partition coefficient (Wildman–Crippen LogP) is 6.57. The van der Waals surface area contributed by atoms with Gasteiger partial charge in [-0.1, -0.05) is 37.3 Å². The third kappa shape index (κ3) is 6.45. The smallest absolute Gasteiger partial charge is 0.341 e. The van der Waals surface area contributed by atoms with E-state index in [1.807, 2.05) is 48.7 Å². The average molecular weight is 466 g/mol. The van der Waals surface area contributed by atoms with Crippen molar-refractivity contribution < 1.29 is 19.1 Å². The summed E-state index contributed by atoms with van der Waals surface area (Å²) in [5, 5.41) is 5.32. The molecule has 1 heterocycles. The molecule has 0 fully saturated rings. The van der Waals surface area contributed by atoms with Gasteiger partial charge in [-0.3, -0.25) is 4.79 Å². The van der Waals surface area contributed by atoms with Crippen molar-refractivity contribution in [2.24, 2.45) is 0 Å². The molecule has 0 unspecified atom stereocenters. The summed E-state index contributed by atoms with van der Waals surface area (Å²) in [6.07, 6.45) is 1.86. The summed E-state index contributed by atoms with van der Waals surface area (Å²) in [5.74, 6) is 0.216. The molecule has 1 N–H and O–H groups in total. The summed E-state index contributed by atoms with van der Waals surface area (Å²) in [4.78, 5) is 25.3. The van der Waals surface area contributed by atoms with E-state index in [0.29, 0.717) is 30.0 Å². The molecule has 1 amide bonds. The fourth-order valence-corrected chi connectivity index (χ4v) is 4.38. The maximum Gasteiger partial charge on any atom is 0.341 e. The van der Waals surface area contributed by atoms with Crippen LogP contribution in [0.15, 0.2) is 47.8 Å². The highest BCUT2D eigenvalue weighted by atomic mass is 32.1. The van der Waals surface area contributed by atoms with Crippen molar-refractivity contribution in [3.63, 3.8) is 0 Å². The van der Waals surface area contributed by atoms with Crippen LogP contribution in [-0.4, -0.2) is 25.1 Å². The molecule has 33 heavy (non-hydrogen) atoms. The summed E-state index contributed by atoms with van der Waals surface area (Å²) in [5.41, 5.74) is 5.70. The van der Waals surface area contributed by atoms with Crippen LogP contribution in [0.3, 0.4) is 0 Å². The Morgan fingerprint density at radius 3 is 2.42 bits per heavy atom. The first kappa shape index (κ1) is 24.5. The van der Waals surface area contributed by atoms with Crippen molar-refractivity contribution in [1.82, 2.24) is 0 Å². The summed E-state index contributed by atoms with van der Waals surface area (Å²) < 4.78 is 11.0. The number of benzene rings is 2. The maximum absolute atomic E-state index is 12.7. The van der Waals surface area contributed by atoms with Crippen molar-refractivity contribution in [3.8, 4) is 16.9 Å². The van der Waals surface area contributed by atoms with E-state index in [1.54, 1.807) is 6.92 Å². The Kier molecular flexibility index (Phi) is 8.66. The second-order valence-electron chi connectivity index (χ2n) is 7.87. The zero-order valence-corrected chi connectivity index (χ0v) is 20.5. The molecule has 0 aliphatic rings. The topological polar surface area (TPSA) is 64.6 Å². The van der Waals surface area contributed by atoms with Gasteiger partial charge in [-0.15, -0.1) is 11.3 Å². The van der Waals surface area contributed by atoms with Crippen LogP contribution in [0.4, 0.5) is 5.00 Å². The third-order valence-corrected chi connectivity index (χ3v) is 6.39. The van der Waals surface area contributed by atoms with Gasteiger partial charge in [-0.05, 0) is 68.0 Å². The molecule has 174 valence electrons. The first-order valence-electron chi connectivity index (χ1n) is 11.3. The Morgan fingerprint density at radius 1 is 1.00 bits per heavy atom. The number of anilines is 1. The molecule has 0 aliphatic heterocycles. The fourth-order valence-electron chi connectivity index (χ4n) is 3.41. The highest BCUT2D eigenvalue weighted by molar-refractivity contribution is 7.15. The molecule has 0 saturated heterocycles. The van der Waals surface area contributed by atoms with E-state index in [9.17, 15) is 9.59 Å². The first-order chi connectivity index (χ1) is 15.9. The lowest BCUT2D eigenvalue weighted by Crippen LogP contribution is -2.15. The molecule has 0 radical (unpaired) electrons. The van der Waals surface area contributed by atoms with Gasteiger partial charge in [0, 0.05) is 17.4 Å². The van der Waals surface area contributed by atoms with E-state index in [0.717, 1.165) is 28.9 Å². The number of esters is 1. The molecule has 6 heteroatoms. The minimum Gasteiger partial charge on any atom is -0.494 e. The van der Waals surface area contributed by atoms with Gasteiger partial charge in [0.05, 0.1) is 13.2 Å². The van der Waals surface area contributed by atoms with Gasteiger partial charge in [-0.25, -0.2) is 4.79 Å². The molecule has 3 rings (SSSR count). The Labute approximate surface area is 199 Å². The van der Waals surface area contributed by atoms with Crippen molar-refractivity contribution >= 4 is 28.2 Å². The van der Waals surface area contributed by atoms with Gasteiger partial charge in [-0.2, -0.15) is 0 Å². The molecule has 0 aliphatic carbocycles. The predicted molar refractivity (Wildman–Crippen MR) is 134 cm³/mol. The van der Waals surface area contributed by atoms with Crippen molar-refractivity contribution in [1.29, 1.82) is 0 Å². The van der Waals surface area contributed by atoms with Crippen LogP contribution in [0.2, 0.25) is 0 Å². The standard InChI is InChI=1S/C27H31NO4S/c1-5-20-10-13-22(14-11-20)32-15-7-8-24(29)28-26-25(27(30)31-6-2)23(17-33-26)21-12-9-18(3)19(4)16-21/h9-14,16-17H,5-8,15H2,1-4H3,(H,28,29). The number of ether oxygens (including phenoxy) is 2. The van der Waals surface area contributed by atoms with Gasteiger partial charge in [0.25, 0.3) is 0 Å². The highest BCUT2D eigenvalue weighted by Crippen LogP contribution is 2.37. The minimum atomic E-state index is -0.430. The van der Waals surface area contributed by atoms with E-state index >= 15 is 0 Å². The molecule has 0 bridgehead atoms. The van der Waals surface area contributed by atoms with Crippen LogP contribution < -0.4 is 10.1 Å². The van der Waals surface area contributed by atoms with Gasteiger partial charge in [0.15, 0.2) is 0 Å². The van der Waals surface area contributed by atoms with Crippen LogP contribution in [0.1, 0.15) is 53.7 Å². The second-order valence-corrected chi connectivity index (χ2v) is 8.75. The van der Waals surface area contributed by atoms with E-state index in [4.69, 9.17) is 9.47 Å². The van der Waals surface area contributed by atoms with Gasteiger partial charge < -0.3 is 14.8 Å². The van der Waals surface area contributed by atoms with Gasteiger partial charge in [0.2, 0.25) is 5.91 Å². The number of rotatable bonds is 10. The number of thiophene rings is 1. The summed E-state index contributed by atoms with van der Waals surface area (Å²) in [6.45, 7) is 8.69. The number of carbonyl (C=O) groups excluding carboxylic acids is 2. The fraction of sp³-hybridized carbons (Fsp3) is 0.333. The highest BCUT2D eigenvalue weighted by Gasteiger charge is 2.23. The van der Waals surface area contributed by atoms with Gasteiger partial charge in [0.1, 0.15) is 16.3 Å². The maximum atomic E-state index is 12.7. The second kappa shape index (κ2) is 11.7. The number of nitrogens with one attached hydrogen (secondary N) is 1. The molecule has 0 spiro atoms. The Bertz CT molecular complexity index is 1100. The number of amides is 1. The summed E-state index contributed by atoms with van der Waals surface area (Å²) in [7, 11) is 0. The molecule has 3 aromatic rings. The van der Waals surface area contributed by atoms with E-state index in [1.165, 1.54) is 22.5 Å². The number of hydrogen-bond acceptors (Lipinski definition) is 5. The summed E-state index contributed by atoms with van der Waals surface area (Å²) in [6, 6.07) is 14.1. The number of hydrogen-bond donors (Lipinski definition) is 1. The molecular weight excluding hydrogens is 434 g/mol. The SMILES string of the molecule is CCOC(=O)c1c(-c2ccc(C)c(C)c2)csc1NC(=O)CCCOc1ccc(CC)cc1. The number of aryl methyl sites for hydroxylation is 3. The largest absolute Gasteiger partial charge is 0.494 e. The normalized spacial score (nSPS) is 10.7. The third-order valence-electron chi connectivity index (χ3n) is 5.49. The van der Waals surface area contributed by atoms with Crippen LogP contribution in [0.5, 0.6) is 5.75 Å². The lowest BCUT2D eigenvalue weighted by atomic mass is 9.99. The Balaban J connectivity index is 1.65. The van der Waals surface area contributed by atoms with Crippen LogP contribution in [-0.2, 0) is 16.0 Å². The zero-order chi connectivity index (χ0) is 23.8. The molecule has 2 aromatic carbocycles. The van der Waals surface area contributed by atoms with E-state index < -0.39 is 5.97 Å². The van der Waals surface area contributed by atoms with Crippen molar-refractivity contribution in [2.45, 2.75) is 47.0 Å². The molecule has 0 atom stereocenters. The van der Waals surface area contributed by atoms with E-state index in [-0.39, 0.29) is 12.5 Å². The van der Waals surface area contributed by atoms with Crippen LogP contribution in [0.25, 0.3) is 11.1 Å². The monoisotopic (exact) mass is 465 g/mol. The van der Waals surface area contributed by atoms with Crippen molar-refractivity contribution in [3.05, 3.63) is 70.1 Å². The van der Waals surface area contributed by atoms with Crippen LogP contribution in [0, 0.1) is 13.8 Å². The Hall–Kier alpha value is -3.12. The lowest BCUT2D eigenvalue weighted by molar-refractivity contribution is -0.116. The molecule has 5 nitrogen and oxygen atoms in total. The first-order valence-corrected chi connectivity index (χ1v) is 12.2. The lowest BCUT2D eigenvalue weighted by Gasteiger charge is -2.10. The van der Waals surface area contributed by atoms with E-state index in [2.05, 4.69) is 25.2 Å². The molecule has 0 saturated carbocycles. The van der Waals surface area contributed by atoms with Crippen LogP contribution >= 0.6 is 11.3 Å². The zero-order valence-electron chi connectivity index (χ0n) is 19.7. The number of carbonyl (C=O) groups is 2. The Morgan fingerprint density at radius 2 is 1.76 bits per heavy atom. The minimum absolute atomic E-state index is 0.154.